The summed E-state index contributed by atoms with van der Waals surface area (Å²) in [5, 5.41) is 14.4. The zero-order valence-electron chi connectivity index (χ0n) is 11.9. The highest BCUT2D eigenvalue weighted by Gasteiger charge is 2.24. The molecule has 1 aliphatic rings. The average Bonchev–Trinajstić information content (AvgIpc) is 2.45. The fraction of sp³-hybridized carbons (Fsp3) is 0.500. The normalized spacial score (nSPS) is 19.5. The molecule has 0 aliphatic carbocycles. The zero-order chi connectivity index (χ0) is 15.6. The highest BCUT2D eigenvalue weighted by atomic mass is 32.2. The Kier molecular flexibility index (Phi) is 4.53. The number of carboxylic acids is 1. The van der Waals surface area contributed by atoms with E-state index in [0.717, 1.165) is 38.4 Å². The first-order valence-electron chi connectivity index (χ1n) is 6.98. The van der Waals surface area contributed by atoms with Crippen molar-refractivity contribution < 1.29 is 18.3 Å². The molecule has 0 saturated carbocycles. The van der Waals surface area contributed by atoms with Gasteiger partial charge in [-0.3, -0.25) is 0 Å². The van der Waals surface area contributed by atoms with Crippen LogP contribution in [0.2, 0.25) is 0 Å². The van der Waals surface area contributed by atoms with Gasteiger partial charge >= 0.3 is 5.97 Å². The number of nitrogens with zero attached hydrogens (tertiary/aromatic N) is 1. The molecule has 0 amide bonds. The Bertz CT molecular complexity index is 642. The lowest BCUT2D eigenvalue weighted by Gasteiger charge is -2.34. The number of rotatable bonds is 4. The van der Waals surface area contributed by atoms with Crippen molar-refractivity contribution in [1.82, 2.24) is 0 Å². The summed E-state index contributed by atoms with van der Waals surface area (Å²) < 4.78 is 22.7. The largest absolute Gasteiger partial charge is 0.478 e. The summed E-state index contributed by atoms with van der Waals surface area (Å²) in [7, 11) is -3.90. The lowest BCUT2D eigenvalue weighted by atomic mass is 9.94. The molecule has 1 heterocycles. The number of hydrogen-bond donors (Lipinski definition) is 2. The molecule has 1 aliphatic heterocycles. The number of primary sulfonamides is 1. The lowest BCUT2D eigenvalue weighted by molar-refractivity contribution is 0.0697. The third kappa shape index (κ3) is 3.54. The summed E-state index contributed by atoms with van der Waals surface area (Å²) in [6.07, 6.45) is 3.20. The van der Waals surface area contributed by atoms with Crippen LogP contribution in [0.25, 0.3) is 0 Å². The van der Waals surface area contributed by atoms with Gasteiger partial charge in [0.15, 0.2) is 0 Å². The quantitative estimate of drug-likeness (QED) is 0.880. The van der Waals surface area contributed by atoms with Crippen LogP contribution in [0.5, 0.6) is 0 Å². The van der Waals surface area contributed by atoms with Crippen molar-refractivity contribution in [3.8, 4) is 0 Å². The highest BCUT2D eigenvalue weighted by molar-refractivity contribution is 7.89. The average molecular weight is 312 g/mol. The smallest absolute Gasteiger partial charge is 0.337 e. The molecule has 0 bridgehead atoms. The van der Waals surface area contributed by atoms with E-state index in [2.05, 4.69) is 6.92 Å². The third-order valence-electron chi connectivity index (χ3n) is 3.96. The van der Waals surface area contributed by atoms with Gasteiger partial charge in [0.05, 0.1) is 16.1 Å². The van der Waals surface area contributed by atoms with E-state index in [1.807, 2.05) is 4.90 Å². The maximum atomic E-state index is 11.4. The second-order valence-electron chi connectivity index (χ2n) is 5.39. The van der Waals surface area contributed by atoms with Crippen LogP contribution in [0.1, 0.15) is 36.5 Å². The van der Waals surface area contributed by atoms with E-state index in [1.165, 1.54) is 6.07 Å². The van der Waals surface area contributed by atoms with Crippen molar-refractivity contribution in [2.45, 2.75) is 31.1 Å². The van der Waals surface area contributed by atoms with Gasteiger partial charge < -0.3 is 10.0 Å². The molecule has 1 aromatic carbocycles. The minimum Gasteiger partial charge on any atom is -0.478 e. The number of nitrogens with two attached hydrogens (primary N) is 1. The van der Waals surface area contributed by atoms with Crippen LogP contribution in [-0.2, 0) is 10.0 Å². The summed E-state index contributed by atoms with van der Waals surface area (Å²) in [6.45, 7) is 3.70. The van der Waals surface area contributed by atoms with Gasteiger partial charge in [-0.15, -0.1) is 0 Å². The van der Waals surface area contributed by atoms with Crippen LogP contribution < -0.4 is 10.0 Å². The number of anilines is 1. The molecule has 0 aromatic heterocycles. The number of hydrogen-bond acceptors (Lipinski definition) is 4. The summed E-state index contributed by atoms with van der Waals surface area (Å²) in [4.78, 5) is 13.3. The van der Waals surface area contributed by atoms with Crippen LogP contribution in [0, 0.1) is 5.92 Å². The fourth-order valence-corrected chi connectivity index (χ4v) is 3.30. The fourth-order valence-electron chi connectivity index (χ4n) is 2.76. The zero-order valence-corrected chi connectivity index (χ0v) is 12.8. The topological polar surface area (TPSA) is 101 Å². The number of sulfonamides is 1. The number of piperidine rings is 1. The van der Waals surface area contributed by atoms with Gasteiger partial charge in [-0.2, -0.15) is 0 Å². The molecule has 2 rings (SSSR count). The Labute approximate surface area is 124 Å². The molecule has 116 valence electrons. The molecule has 6 nitrogen and oxygen atoms in total. The number of carbonyl (C=O) groups is 1. The van der Waals surface area contributed by atoms with Crippen LogP contribution in [0.3, 0.4) is 0 Å². The van der Waals surface area contributed by atoms with Gasteiger partial charge in [-0.1, -0.05) is 13.3 Å². The molecule has 1 fully saturated rings. The van der Waals surface area contributed by atoms with Crippen molar-refractivity contribution in [3.05, 3.63) is 23.8 Å². The first-order valence-corrected chi connectivity index (χ1v) is 8.52. The van der Waals surface area contributed by atoms with E-state index in [9.17, 15) is 18.3 Å². The molecule has 0 spiro atoms. The Hall–Kier alpha value is -1.60. The predicted molar refractivity (Wildman–Crippen MR) is 80.0 cm³/mol. The number of aromatic carboxylic acids is 1. The van der Waals surface area contributed by atoms with Crippen molar-refractivity contribution in [2.75, 3.05) is 18.0 Å². The first kappa shape index (κ1) is 15.8. The van der Waals surface area contributed by atoms with Gasteiger partial charge in [0.25, 0.3) is 0 Å². The van der Waals surface area contributed by atoms with E-state index in [0.29, 0.717) is 11.6 Å². The maximum absolute atomic E-state index is 11.4. The summed E-state index contributed by atoms with van der Waals surface area (Å²) in [5.41, 5.74) is 0.548. The van der Waals surface area contributed by atoms with Crippen LogP contribution in [0.4, 0.5) is 5.69 Å². The number of benzene rings is 1. The van der Waals surface area contributed by atoms with Crippen LogP contribution >= 0.6 is 0 Å². The molecule has 1 unspecified atom stereocenters. The first-order chi connectivity index (χ1) is 9.82. The monoisotopic (exact) mass is 312 g/mol. The van der Waals surface area contributed by atoms with E-state index in [1.54, 1.807) is 6.07 Å². The summed E-state index contributed by atoms with van der Waals surface area (Å²) in [5.74, 6) is -0.604. The van der Waals surface area contributed by atoms with Crippen LogP contribution in [0.15, 0.2) is 23.1 Å². The molecular weight excluding hydrogens is 292 g/mol. The Morgan fingerprint density at radius 1 is 1.48 bits per heavy atom. The second-order valence-corrected chi connectivity index (χ2v) is 6.95. The maximum Gasteiger partial charge on any atom is 0.337 e. The SMILES string of the molecule is CCC1CCCN(c2ccc(S(N)(=O)=O)cc2C(=O)O)C1. The van der Waals surface area contributed by atoms with Gasteiger partial charge in [0.1, 0.15) is 0 Å². The summed E-state index contributed by atoms with van der Waals surface area (Å²) >= 11 is 0. The Morgan fingerprint density at radius 3 is 2.76 bits per heavy atom. The molecule has 3 N–H and O–H groups in total. The minimum atomic E-state index is -3.90. The molecule has 1 atom stereocenters. The minimum absolute atomic E-state index is 0.0155. The van der Waals surface area contributed by atoms with Crippen molar-refractivity contribution in [2.24, 2.45) is 11.1 Å². The van der Waals surface area contributed by atoms with Crippen LogP contribution in [-0.4, -0.2) is 32.6 Å². The third-order valence-corrected chi connectivity index (χ3v) is 4.87. The standard InChI is InChI=1S/C14H20N2O4S/c1-2-10-4-3-7-16(9-10)13-6-5-11(21(15,19)20)8-12(13)14(17)18/h5-6,8,10H,2-4,7,9H2,1H3,(H,17,18)(H2,15,19,20). The molecule has 1 saturated heterocycles. The van der Waals surface area contributed by atoms with E-state index < -0.39 is 16.0 Å². The highest BCUT2D eigenvalue weighted by Crippen LogP contribution is 2.29. The van der Waals surface area contributed by atoms with Gasteiger partial charge in [0.2, 0.25) is 10.0 Å². The van der Waals surface area contributed by atoms with E-state index >= 15 is 0 Å². The second kappa shape index (κ2) is 6.03. The number of carboxylic acid groups (broad SMARTS) is 1. The van der Waals surface area contributed by atoms with Crippen molar-refractivity contribution >= 4 is 21.7 Å². The molecule has 7 heteroatoms. The van der Waals surface area contributed by atoms with E-state index in [4.69, 9.17) is 5.14 Å². The summed E-state index contributed by atoms with van der Waals surface area (Å²) in [6, 6.07) is 4.05. The molecule has 21 heavy (non-hydrogen) atoms. The van der Waals surface area contributed by atoms with E-state index in [-0.39, 0.29) is 10.5 Å². The Morgan fingerprint density at radius 2 is 2.19 bits per heavy atom. The molecule has 1 aromatic rings. The lowest BCUT2D eigenvalue weighted by Crippen LogP contribution is -2.36. The molecule has 0 radical (unpaired) electrons. The Balaban J connectivity index is 2.41. The molecular formula is C14H20N2O4S. The predicted octanol–water partition coefficient (Wildman–Crippen LogP) is 1.66. The van der Waals surface area contributed by atoms with Crippen molar-refractivity contribution in [3.63, 3.8) is 0 Å². The van der Waals surface area contributed by atoms with Crippen molar-refractivity contribution in [1.29, 1.82) is 0 Å². The van der Waals surface area contributed by atoms with Gasteiger partial charge in [-0.25, -0.2) is 18.4 Å². The van der Waals surface area contributed by atoms with Gasteiger partial charge in [-0.05, 0) is 37.0 Å². The van der Waals surface area contributed by atoms with Gasteiger partial charge in [0, 0.05) is 13.1 Å².